The Kier molecular flexibility index (Phi) is 5.68. The molecule has 3 aromatic rings. The van der Waals surface area contributed by atoms with E-state index in [2.05, 4.69) is 5.32 Å². The number of benzene rings is 2. The lowest BCUT2D eigenvalue weighted by Gasteiger charge is -2.11. The van der Waals surface area contributed by atoms with Crippen molar-refractivity contribution >= 4 is 34.8 Å². The number of aromatic nitrogens is 1. The van der Waals surface area contributed by atoms with Gasteiger partial charge in [0.15, 0.2) is 0 Å². The van der Waals surface area contributed by atoms with Gasteiger partial charge in [0.2, 0.25) is 0 Å². The van der Waals surface area contributed by atoms with E-state index in [1.54, 1.807) is 24.4 Å². The maximum Gasteiger partial charge on any atom is 0.257 e. The molecule has 0 fully saturated rings. The van der Waals surface area contributed by atoms with Crippen LogP contribution >= 0.6 is 23.2 Å². The molecule has 3 rings (SSSR count). The van der Waals surface area contributed by atoms with Crippen molar-refractivity contribution in [3.8, 4) is 0 Å². The van der Waals surface area contributed by atoms with Gasteiger partial charge in [-0.25, -0.2) is 0 Å². The Balaban J connectivity index is 1.84. The van der Waals surface area contributed by atoms with Crippen LogP contribution in [0.5, 0.6) is 0 Å². The number of carbonyl (C=O) groups is 1. The summed E-state index contributed by atoms with van der Waals surface area (Å²) in [6.45, 7) is 4.23. The summed E-state index contributed by atoms with van der Waals surface area (Å²) in [6.07, 6.45) is 1.55. The van der Waals surface area contributed by atoms with Crippen LogP contribution in [0, 0.1) is 13.8 Å². The molecule has 2 aromatic carbocycles. The van der Waals surface area contributed by atoms with Gasteiger partial charge < -0.3 is 9.88 Å². The lowest BCUT2D eigenvalue weighted by molar-refractivity contribution is 0.102. The highest BCUT2D eigenvalue weighted by atomic mass is 35.5. The second-order valence-corrected chi connectivity index (χ2v) is 7.22. The molecule has 1 amide bonds. The van der Waals surface area contributed by atoms with E-state index in [0.29, 0.717) is 22.2 Å². The van der Waals surface area contributed by atoms with Gasteiger partial charge in [0.05, 0.1) is 22.2 Å². The molecule has 0 unspecified atom stereocenters. The average molecular weight is 401 g/mol. The van der Waals surface area contributed by atoms with Gasteiger partial charge in [-0.1, -0.05) is 47.0 Å². The number of hydrogen-bond donors (Lipinski definition) is 1. The van der Waals surface area contributed by atoms with E-state index in [0.717, 1.165) is 22.4 Å². The highest BCUT2D eigenvalue weighted by molar-refractivity contribution is 6.42. The summed E-state index contributed by atoms with van der Waals surface area (Å²) in [5, 5.41) is 3.76. The van der Waals surface area contributed by atoms with E-state index < -0.39 is 0 Å². The number of rotatable bonds is 4. The summed E-state index contributed by atoms with van der Waals surface area (Å²) in [4.78, 5) is 24.8. The molecule has 6 heteroatoms. The molecule has 0 aliphatic carbocycles. The monoisotopic (exact) mass is 400 g/mol. The molecule has 27 heavy (non-hydrogen) atoms. The Hall–Kier alpha value is -2.56. The Morgan fingerprint density at radius 3 is 2.48 bits per heavy atom. The zero-order chi connectivity index (χ0) is 19.6. The van der Waals surface area contributed by atoms with Gasteiger partial charge in [0.25, 0.3) is 11.5 Å². The predicted molar refractivity (Wildman–Crippen MR) is 110 cm³/mol. The van der Waals surface area contributed by atoms with Gasteiger partial charge in [0, 0.05) is 18.0 Å². The summed E-state index contributed by atoms with van der Waals surface area (Å²) >= 11 is 12.0. The number of pyridine rings is 1. The van der Waals surface area contributed by atoms with Crippen molar-refractivity contribution in [2.45, 2.75) is 20.4 Å². The number of amides is 1. The van der Waals surface area contributed by atoms with Crippen LogP contribution in [-0.4, -0.2) is 10.5 Å². The Labute approximate surface area is 167 Å². The molecule has 0 aliphatic rings. The molecule has 0 aliphatic heterocycles. The number of carbonyl (C=O) groups excluding carboxylic acids is 1. The molecule has 1 heterocycles. The fourth-order valence-electron chi connectivity index (χ4n) is 2.77. The first-order valence-corrected chi connectivity index (χ1v) is 9.12. The first-order chi connectivity index (χ1) is 12.8. The van der Waals surface area contributed by atoms with E-state index in [9.17, 15) is 9.59 Å². The van der Waals surface area contributed by atoms with Crippen molar-refractivity contribution in [1.29, 1.82) is 0 Å². The number of nitrogens with zero attached hydrogens (tertiary/aromatic N) is 1. The smallest absolute Gasteiger partial charge is 0.257 e. The molecular formula is C21H18Cl2N2O2. The number of halogens is 2. The van der Waals surface area contributed by atoms with Crippen LogP contribution in [0.1, 0.15) is 27.0 Å². The van der Waals surface area contributed by atoms with Gasteiger partial charge in [-0.05, 0) is 49.2 Å². The minimum atomic E-state index is -0.273. The van der Waals surface area contributed by atoms with Crippen LogP contribution in [0.4, 0.5) is 5.69 Å². The van der Waals surface area contributed by atoms with Crippen molar-refractivity contribution in [1.82, 2.24) is 4.57 Å². The molecule has 0 spiro atoms. The third-order valence-corrected chi connectivity index (χ3v) is 4.95. The summed E-state index contributed by atoms with van der Waals surface area (Å²) < 4.78 is 1.47. The van der Waals surface area contributed by atoms with Crippen LogP contribution in [0.3, 0.4) is 0 Å². The van der Waals surface area contributed by atoms with Crippen LogP contribution in [0.15, 0.2) is 59.5 Å². The number of anilines is 1. The SMILES string of the molecule is Cc1ccc(NC(=O)c2ccc(=O)n(Cc3ccc(Cl)c(Cl)c3)c2)c(C)c1. The second kappa shape index (κ2) is 7.99. The number of aryl methyl sites for hydroxylation is 2. The van der Waals surface area contributed by atoms with E-state index in [1.165, 1.54) is 16.7 Å². The van der Waals surface area contributed by atoms with Gasteiger partial charge in [-0.3, -0.25) is 9.59 Å². The average Bonchev–Trinajstić information content (AvgIpc) is 2.62. The van der Waals surface area contributed by atoms with Crippen molar-refractivity contribution < 1.29 is 4.79 Å². The van der Waals surface area contributed by atoms with Crippen LogP contribution < -0.4 is 10.9 Å². The van der Waals surface area contributed by atoms with Crippen molar-refractivity contribution in [3.63, 3.8) is 0 Å². The topological polar surface area (TPSA) is 51.1 Å². The zero-order valence-electron chi connectivity index (χ0n) is 14.9. The third kappa shape index (κ3) is 4.59. The summed E-state index contributed by atoms with van der Waals surface area (Å²) in [5.74, 6) is -0.273. The minimum Gasteiger partial charge on any atom is -0.322 e. The Morgan fingerprint density at radius 1 is 1.00 bits per heavy atom. The summed E-state index contributed by atoms with van der Waals surface area (Å²) in [6, 6.07) is 13.9. The van der Waals surface area contributed by atoms with Crippen molar-refractivity contribution in [2.24, 2.45) is 0 Å². The van der Waals surface area contributed by atoms with Crippen molar-refractivity contribution in [3.05, 3.63) is 97.4 Å². The molecule has 138 valence electrons. The minimum absolute atomic E-state index is 0.205. The molecule has 0 saturated carbocycles. The maximum atomic E-state index is 12.6. The lowest BCUT2D eigenvalue weighted by Crippen LogP contribution is -2.22. The molecule has 0 saturated heterocycles. The van der Waals surface area contributed by atoms with Crippen LogP contribution in [0.2, 0.25) is 10.0 Å². The quantitative estimate of drug-likeness (QED) is 0.664. The van der Waals surface area contributed by atoms with E-state index in [4.69, 9.17) is 23.2 Å². The van der Waals surface area contributed by atoms with Gasteiger partial charge in [0.1, 0.15) is 0 Å². The lowest BCUT2D eigenvalue weighted by atomic mass is 10.1. The van der Waals surface area contributed by atoms with E-state index in [1.807, 2.05) is 32.0 Å². The zero-order valence-corrected chi connectivity index (χ0v) is 16.4. The Bertz CT molecular complexity index is 1070. The molecule has 0 atom stereocenters. The molecule has 0 bridgehead atoms. The normalized spacial score (nSPS) is 10.7. The fourth-order valence-corrected chi connectivity index (χ4v) is 3.09. The van der Waals surface area contributed by atoms with Crippen LogP contribution in [-0.2, 0) is 6.54 Å². The summed E-state index contributed by atoms with van der Waals surface area (Å²) in [5.41, 5.74) is 3.86. The largest absolute Gasteiger partial charge is 0.322 e. The number of hydrogen-bond acceptors (Lipinski definition) is 2. The molecule has 4 nitrogen and oxygen atoms in total. The molecule has 0 radical (unpaired) electrons. The third-order valence-electron chi connectivity index (χ3n) is 4.21. The summed E-state index contributed by atoms with van der Waals surface area (Å²) in [7, 11) is 0. The van der Waals surface area contributed by atoms with Gasteiger partial charge >= 0.3 is 0 Å². The molecule has 1 aromatic heterocycles. The first-order valence-electron chi connectivity index (χ1n) is 8.36. The van der Waals surface area contributed by atoms with Gasteiger partial charge in [-0.2, -0.15) is 0 Å². The Morgan fingerprint density at radius 2 is 1.78 bits per heavy atom. The van der Waals surface area contributed by atoms with E-state index in [-0.39, 0.29) is 11.5 Å². The number of nitrogens with one attached hydrogen (secondary N) is 1. The predicted octanol–water partition coefficient (Wildman–Crippen LogP) is 5.07. The second-order valence-electron chi connectivity index (χ2n) is 6.40. The van der Waals surface area contributed by atoms with Crippen molar-refractivity contribution in [2.75, 3.05) is 5.32 Å². The van der Waals surface area contributed by atoms with Gasteiger partial charge in [-0.15, -0.1) is 0 Å². The molecular weight excluding hydrogens is 383 g/mol. The fraction of sp³-hybridized carbons (Fsp3) is 0.143. The highest BCUT2D eigenvalue weighted by Crippen LogP contribution is 2.23. The highest BCUT2D eigenvalue weighted by Gasteiger charge is 2.10. The molecule has 1 N–H and O–H groups in total. The maximum absolute atomic E-state index is 12.6. The van der Waals surface area contributed by atoms with Crippen LogP contribution in [0.25, 0.3) is 0 Å². The first kappa shape index (κ1) is 19.2. The van der Waals surface area contributed by atoms with E-state index >= 15 is 0 Å². The standard InChI is InChI=1S/C21H18Cl2N2O2/c1-13-3-7-19(14(2)9-13)24-21(27)16-5-8-20(26)25(12-16)11-15-4-6-17(22)18(23)10-15/h3-10,12H,11H2,1-2H3,(H,24,27).